The van der Waals surface area contributed by atoms with Crippen LogP contribution in [0.5, 0.6) is 0 Å². The zero-order valence-electron chi connectivity index (χ0n) is 19.7. The lowest BCUT2D eigenvalue weighted by Gasteiger charge is -2.40. The van der Waals surface area contributed by atoms with E-state index in [1.54, 1.807) is 24.4 Å². The van der Waals surface area contributed by atoms with Crippen LogP contribution in [-0.4, -0.2) is 58.7 Å². The lowest BCUT2D eigenvalue weighted by atomic mass is 9.81. The van der Waals surface area contributed by atoms with Crippen LogP contribution in [0.1, 0.15) is 37.8 Å². The van der Waals surface area contributed by atoms with Gasteiger partial charge in [0.2, 0.25) is 5.91 Å². The van der Waals surface area contributed by atoms with E-state index in [-0.39, 0.29) is 30.5 Å². The highest BCUT2D eigenvalue weighted by Gasteiger charge is 2.49. The van der Waals surface area contributed by atoms with Crippen molar-refractivity contribution in [3.8, 4) is 0 Å². The third-order valence-electron chi connectivity index (χ3n) is 7.55. The second kappa shape index (κ2) is 9.05. The Hall–Kier alpha value is -3.30. The van der Waals surface area contributed by atoms with Gasteiger partial charge in [-0.2, -0.15) is 0 Å². The van der Waals surface area contributed by atoms with Gasteiger partial charge in [-0.05, 0) is 49.9 Å². The summed E-state index contributed by atoms with van der Waals surface area (Å²) in [6.45, 7) is 2.49. The predicted molar refractivity (Wildman–Crippen MR) is 133 cm³/mol. The van der Waals surface area contributed by atoms with Gasteiger partial charge in [0, 0.05) is 37.4 Å². The summed E-state index contributed by atoms with van der Waals surface area (Å²) in [5, 5.41) is 6.63. The summed E-state index contributed by atoms with van der Waals surface area (Å²) in [5.41, 5.74) is 1.08. The normalized spacial score (nSPS) is 21.8. The molecule has 1 saturated carbocycles. The van der Waals surface area contributed by atoms with Gasteiger partial charge in [0.25, 0.3) is 5.56 Å². The molecule has 0 bridgehead atoms. The molecular weight excluding hydrogens is 444 g/mol. The fraction of sp³-hybridized carbons (Fsp3) is 0.462. The highest BCUT2D eigenvalue weighted by atomic mass is 16.5. The van der Waals surface area contributed by atoms with E-state index in [9.17, 15) is 9.59 Å². The monoisotopic (exact) mass is 474 g/mol. The number of nitrogens with zero attached hydrogens (tertiary/aromatic N) is 4. The average Bonchev–Trinajstić information content (AvgIpc) is 2.81. The van der Waals surface area contributed by atoms with E-state index in [0.717, 1.165) is 25.2 Å². The van der Waals surface area contributed by atoms with Crippen molar-refractivity contribution in [2.75, 3.05) is 36.5 Å². The molecule has 3 fully saturated rings. The Morgan fingerprint density at radius 2 is 1.94 bits per heavy atom. The molecule has 3 aliphatic rings. The molecule has 0 spiro atoms. The molecule has 1 aliphatic carbocycles. The summed E-state index contributed by atoms with van der Waals surface area (Å²) in [7, 11) is 0. The van der Waals surface area contributed by atoms with E-state index in [1.807, 2.05) is 12.3 Å². The molecule has 182 valence electrons. The number of rotatable bonds is 6. The number of ether oxygens (including phenoxy) is 1. The standard InChI is InChI=1S/C26H30N6O3/c33-24-13-22(29-23-8-1-2-12-32(23)24)30-25(34)26(16-35-17-26)21-10-9-20(14-27-21)31-11-4-7-19(15-31)28-18-5-3-6-18/h1-2,8-10,12-14,18-19,28H,3-7,11,15-17H2,(H,30,34)/t19-/m1/s1. The first kappa shape index (κ1) is 22.2. The molecular formula is C26H30N6O3. The van der Waals surface area contributed by atoms with E-state index in [2.05, 4.69) is 26.6 Å². The molecule has 2 saturated heterocycles. The summed E-state index contributed by atoms with van der Waals surface area (Å²) in [6, 6.07) is 11.8. The number of fused-ring (bicyclic) bond motifs is 1. The molecule has 0 unspecified atom stereocenters. The van der Waals surface area contributed by atoms with Gasteiger partial charge in [-0.15, -0.1) is 0 Å². The number of hydrogen-bond acceptors (Lipinski definition) is 7. The van der Waals surface area contributed by atoms with Gasteiger partial charge in [-0.3, -0.25) is 19.0 Å². The third-order valence-corrected chi connectivity index (χ3v) is 7.55. The van der Waals surface area contributed by atoms with E-state index in [1.165, 1.54) is 36.2 Å². The molecule has 3 aromatic heterocycles. The Labute approximate surface area is 203 Å². The number of anilines is 2. The van der Waals surface area contributed by atoms with Crippen LogP contribution >= 0.6 is 0 Å². The highest BCUT2D eigenvalue weighted by molar-refractivity contribution is 5.99. The van der Waals surface area contributed by atoms with Crippen molar-refractivity contribution in [1.29, 1.82) is 0 Å². The Morgan fingerprint density at radius 1 is 1.09 bits per heavy atom. The van der Waals surface area contributed by atoms with Crippen molar-refractivity contribution in [1.82, 2.24) is 19.7 Å². The van der Waals surface area contributed by atoms with Gasteiger partial charge < -0.3 is 20.3 Å². The van der Waals surface area contributed by atoms with Crippen LogP contribution in [0.3, 0.4) is 0 Å². The number of hydrogen-bond donors (Lipinski definition) is 2. The smallest absolute Gasteiger partial charge is 0.259 e. The van der Waals surface area contributed by atoms with Crippen molar-refractivity contribution in [2.24, 2.45) is 0 Å². The van der Waals surface area contributed by atoms with Crippen LogP contribution in [0, 0.1) is 0 Å². The Morgan fingerprint density at radius 3 is 2.66 bits per heavy atom. The third kappa shape index (κ3) is 4.19. The van der Waals surface area contributed by atoms with Gasteiger partial charge in [-0.1, -0.05) is 12.5 Å². The van der Waals surface area contributed by atoms with Crippen molar-refractivity contribution in [3.05, 3.63) is 64.8 Å². The molecule has 2 aliphatic heterocycles. The number of nitrogens with one attached hydrogen (secondary N) is 2. The number of aromatic nitrogens is 3. The maximum Gasteiger partial charge on any atom is 0.259 e. The first-order valence-electron chi connectivity index (χ1n) is 12.5. The summed E-state index contributed by atoms with van der Waals surface area (Å²) >= 11 is 0. The van der Waals surface area contributed by atoms with Gasteiger partial charge in [0.05, 0.1) is 30.8 Å². The van der Waals surface area contributed by atoms with Gasteiger partial charge >= 0.3 is 0 Å². The van der Waals surface area contributed by atoms with E-state index in [4.69, 9.17) is 9.72 Å². The molecule has 2 N–H and O–H groups in total. The van der Waals surface area contributed by atoms with E-state index >= 15 is 0 Å². The van der Waals surface area contributed by atoms with Gasteiger partial charge in [-0.25, -0.2) is 4.98 Å². The summed E-state index contributed by atoms with van der Waals surface area (Å²) in [4.78, 5) is 37.2. The van der Waals surface area contributed by atoms with Crippen molar-refractivity contribution >= 4 is 23.1 Å². The zero-order valence-corrected chi connectivity index (χ0v) is 19.7. The fourth-order valence-corrected chi connectivity index (χ4v) is 5.17. The average molecular weight is 475 g/mol. The van der Waals surface area contributed by atoms with Crippen LogP contribution in [-0.2, 0) is 14.9 Å². The lowest BCUT2D eigenvalue weighted by Crippen LogP contribution is -2.56. The SMILES string of the molecule is O=C(Nc1cc(=O)n2ccccc2n1)C1(c2ccc(N3CCC[C@@H](NC4CCC4)C3)cn2)COC1. The largest absolute Gasteiger partial charge is 0.378 e. The molecule has 3 aromatic rings. The number of amides is 1. The summed E-state index contributed by atoms with van der Waals surface area (Å²) in [5.74, 6) is -0.0358. The minimum Gasteiger partial charge on any atom is -0.378 e. The molecule has 6 rings (SSSR count). The Kier molecular flexibility index (Phi) is 5.74. The molecule has 9 nitrogen and oxygen atoms in total. The minimum absolute atomic E-state index is 0.229. The van der Waals surface area contributed by atoms with E-state index in [0.29, 0.717) is 23.4 Å². The first-order valence-corrected chi connectivity index (χ1v) is 12.5. The minimum atomic E-state index is -0.891. The second-order valence-electron chi connectivity index (χ2n) is 9.92. The highest BCUT2D eigenvalue weighted by Crippen LogP contribution is 2.33. The molecule has 0 aromatic carbocycles. The van der Waals surface area contributed by atoms with Crippen LogP contribution < -0.4 is 21.1 Å². The second-order valence-corrected chi connectivity index (χ2v) is 9.92. The maximum atomic E-state index is 13.3. The van der Waals surface area contributed by atoms with Crippen LogP contribution in [0.4, 0.5) is 11.5 Å². The number of piperidine rings is 1. The van der Waals surface area contributed by atoms with Crippen LogP contribution in [0.2, 0.25) is 0 Å². The molecule has 0 radical (unpaired) electrons. The van der Waals surface area contributed by atoms with Crippen molar-refractivity contribution in [2.45, 2.75) is 49.6 Å². The molecule has 9 heteroatoms. The molecule has 35 heavy (non-hydrogen) atoms. The van der Waals surface area contributed by atoms with Crippen LogP contribution in [0.15, 0.2) is 53.6 Å². The quantitative estimate of drug-likeness (QED) is 0.564. The number of carbonyl (C=O) groups excluding carboxylic acids is 1. The summed E-state index contributed by atoms with van der Waals surface area (Å²) < 4.78 is 6.89. The predicted octanol–water partition coefficient (Wildman–Crippen LogP) is 2.11. The molecule has 1 atom stereocenters. The van der Waals surface area contributed by atoms with Gasteiger partial charge in [0.15, 0.2) is 0 Å². The zero-order chi connectivity index (χ0) is 23.8. The fourth-order valence-electron chi connectivity index (χ4n) is 5.17. The molecule has 1 amide bonds. The van der Waals surface area contributed by atoms with Crippen molar-refractivity contribution < 1.29 is 9.53 Å². The van der Waals surface area contributed by atoms with Crippen molar-refractivity contribution in [3.63, 3.8) is 0 Å². The summed E-state index contributed by atoms with van der Waals surface area (Å²) in [6.07, 6.45) is 9.82. The lowest BCUT2D eigenvalue weighted by molar-refractivity contribution is -0.140. The molecule has 5 heterocycles. The Balaban J connectivity index is 1.17. The first-order chi connectivity index (χ1) is 17.1. The Bertz CT molecular complexity index is 1280. The van der Waals surface area contributed by atoms with Crippen LogP contribution in [0.25, 0.3) is 5.65 Å². The maximum absolute atomic E-state index is 13.3. The van der Waals surface area contributed by atoms with Gasteiger partial charge in [0.1, 0.15) is 16.9 Å². The number of carbonyl (C=O) groups is 1. The number of pyridine rings is 2. The van der Waals surface area contributed by atoms with E-state index < -0.39 is 5.41 Å². The topological polar surface area (TPSA) is 101 Å².